The summed E-state index contributed by atoms with van der Waals surface area (Å²) in [5, 5.41) is 0. The Hall–Kier alpha value is -2.66. The smallest absolute Gasteiger partial charge is 0.410 e. The highest BCUT2D eigenvalue weighted by atomic mass is 79.9. The van der Waals surface area contributed by atoms with Gasteiger partial charge in [-0.2, -0.15) is 4.57 Å². The Bertz CT molecular complexity index is 979. The minimum atomic E-state index is -0.238. The largest absolute Gasteiger partial charge is 0.445 e. The molecule has 1 fully saturated rings. The number of aromatic nitrogens is 1. The van der Waals surface area contributed by atoms with E-state index in [2.05, 4.69) is 63.2 Å². The van der Waals surface area contributed by atoms with E-state index >= 15 is 0 Å². The average molecular weight is 466 g/mol. The van der Waals surface area contributed by atoms with Gasteiger partial charge in [0, 0.05) is 17.7 Å². The number of carbonyl (C=O) groups is 1. The van der Waals surface area contributed by atoms with Crippen molar-refractivity contribution in [1.29, 1.82) is 0 Å². The van der Waals surface area contributed by atoms with Crippen molar-refractivity contribution >= 4 is 22.0 Å². The van der Waals surface area contributed by atoms with Crippen molar-refractivity contribution in [3.63, 3.8) is 0 Å². The Kier molecular flexibility index (Phi) is 6.80. The summed E-state index contributed by atoms with van der Waals surface area (Å²) in [6, 6.07) is 22.4. The summed E-state index contributed by atoms with van der Waals surface area (Å²) in [6.45, 7) is 1.82. The lowest BCUT2D eigenvalue weighted by Crippen LogP contribution is -2.41. The predicted molar refractivity (Wildman–Crippen MR) is 120 cm³/mol. The van der Waals surface area contributed by atoms with Gasteiger partial charge in [0.2, 0.25) is 0 Å². The van der Waals surface area contributed by atoms with Crippen molar-refractivity contribution in [1.82, 2.24) is 4.90 Å². The molecule has 1 aliphatic heterocycles. The second-order valence-electron chi connectivity index (χ2n) is 7.69. The lowest BCUT2D eigenvalue weighted by atomic mass is 9.97. The Morgan fingerprint density at radius 3 is 2.43 bits per heavy atom. The molecule has 3 aromatic rings. The van der Waals surface area contributed by atoms with Gasteiger partial charge in [0.05, 0.1) is 10.5 Å². The van der Waals surface area contributed by atoms with Gasteiger partial charge < -0.3 is 9.64 Å². The van der Waals surface area contributed by atoms with Gasteiger partial charge in [-0.1, -0.05) is 60.7 Å². The number of nitrogens with zero attached hydrogens (tertiary/aromatic N) is 2. The van der Waals surface area contributed by atoms with Crippen molar-refractivity contribution in [2.75, 3.05) is 6.54 Å². The Morgan fingerprint density at radius 2 is 1.70 bits per heavy atom. The predicted octanol–water partition coefficient (Wildman–Crippen LogP) is 5.65. The van der Waals surface area contributed by atoms with Crippen molar-refractivity contribution in [2.24, 2.45) is 0 Å². The summed E-state index contributed by atoms with van der Waals surface area (Å²) < 4.78 is 8.83. The number of rotatable bonds is 5. The molecule has 2 heterocycles. The fraction of sp³-hybridized carbons (Fsp3) is 0.280. The molecule has 1 amide bonds. The van der Waals surface area contributed by atoms with Gasteiger partial charge >= 0.3 is 6.09 Å². The molecule has 0 saturated carbocycles. The van der Waals surface area contributed by atoms with Gasteiger partial charge in [0.15, 0.2) is 18.9 Å². The van der Waals surface area contributed by atoms with Gasteiger partial charge in [0.1, 0.15) is 6.61 Å². The molecule has 154 valence electrons. The zero-order valence-electron chi connectivity index (χ0n) is 16.9. The summed E-state index contributed by atoms with van der Waals surface area (Å²) in [4.78, 5) is 14.8. The third-order valence-corrected chi connectivity index (χ3v) is 5.88. The molecule has 1 saturated heterocycles. The Balaban J connectivity index is 1.51. The summed E-state index contributed by atoms with van der Waals surface area (Å²) in [5.41, 5.74) is 3.38. The van der Waals surface area contributed by atoms with E-state index in [1.54, 1.807) is 0 Å². The molecule has 0 radical (unpaired) electrons. The molecule has 1 atom stereocenters. The third-order valence-electron chi connectivity index (χ3n) is 5.44. The van der Waals surface area contributed by atoms with E-state index in [9.17, 15) is 4.79 Å². The highest BCUT2D eigenvalue weighted by Crippen LogP contribution is 2.32. The molecule has 4 nitrogen and oxygen atoms in total. The first-order valence-electron chi connectivity index (χ1n) is 10.4. The first-order valence-corrected chi connectivity index (χ1v) is 11.2. The number of halogens is 1. The highest BCUT2D eigenvalue weighted by Gasteiger charge is 2.31. The zero-order valence-corrected chi connectivity index (χ0v) is 18.5. The minimum absolute atomic E-state index is 0.0292. The molecule has 4 rings (SSSR count). The highest BCUT2D eigenvalue weighted by molar-refractivity contribution is 9.10. The van der Waals surface area contributed by atoms with Crippen LogP contribution in [0.1, 0.15) is 42.0 Å². The van der Waals surface area contributed by atoms with E-state index in [0.717, 1.165) is 48.0 Å². The summed E-state index contributed by atoms with van der Waals surface area (Å²) in [6.07, 6.45) is 7.07. The zero-order chi connectivity index (χ0) is 20.8. The normalized spacial score (nSPS) is 16.3. The van der Waals surface area contributed by atoms with Crippen molar-refractivity contribution in [3.05, 3.63) is 100 Å². The van der Waals surface area contributed by atoms with E-state index in [1.165, 1.54) is 5.56 Å². The van der Waals surface area contributed by atoms with Gasteiger partial charge in [-0.15, -0.1) is 0 Å². The van der Waals surface area contributed by atoms with Crippen LogP contribution < -0.4 is 4.57 Å². The number of benzene rings is 2. The standard InChI is InChI=1S/C25H26BrN2O2/c26-23-15-22(17-27(18-23)16-20-9-3-1-4-10-20)24-13-7-8-14-28(24)25(29)30-19-21-11-5-2-6-12-21/h1-6,9-12,15,17-18,24H,7-8,13-14,16,19H2/q+1. The van der Waals surface area contributed by atoms with Crippen LogP contribution in [-0.2, 0) is 17.9 Å². The van der Waals surface area contributed by atoms with Crippen LogP contribution in [0.15, 0.2) is 83.6 Å². The number of hydrogen-bond acceptors (Lipinski definition) is 2. The Labute approximate surface area is 186 Å². The first kappa shape index (κ1) is 20.6. The minimum Gasteiger partial charge on any atom is -0.445 e. The van der Waals surface area contributed by atoms with Crippen LogP contribution in [0.5, 0.6) is 0 Å². The number of ether oxygens (including phenoxy) is 1. The monoisotopic (exact) mass is 465 g/mol. The number of pyridine rings is 1. The molecule has 0 spiro atoms. The summed E-state index contributed by atoms with van der Waals surface area (Å²) in [7, 11) is 0. The number of carbonyl (C=O) groups excluding carboxylic acids is 1. The molecule has 0 aliphatic carbocycles. The van der Waals surface area contributed by atoms with Crippen LogP contribution in [0, 0.1) is 0 Å². The number of likely N-dealkylation sites (tertiary alicyclic amines) is 1. The maximum atomic E-state index is 12.9. The molecule has 0 bridgehead atoms. The first-order chi connectivity index (χ1) is 14.7. The molecule has 1 aliphatic rings. The van der Waals surface area contributed by atoms with Crippen LogP contribution in [0.4, 0.5) is 4.79 Å². The quantitative estimate of drug-likeness (QED) is 0.456. The molecule has 30 heavy (non-hydrogen) atoms. The fourth-order valence-corrected chi connectivity index (χ4v) is 4.51. The van der Waals surface area contributed by atoms with Gasteiger partial charge in [-0.05, 0) is 46.8 Å². The number of piperidine rings is 1. The van der Waals surface area contributed by atoms with Gasteiger partial charge in [0.25, 0.3) is 0 Å². The van der Waals surface area contributed by atoms with Gasteiger partial charge in [-0.3, -0.25) is 0 Å². The lowest BCUT2D eigenvalue weighted by Gasteiger charge is -2.34. The third kappa shape index (κ3) is 5.28. The number of amides is 1. The van der Waals surface area contributed by atoms with E-state index in [0.29, 0.717) is 6.61 Å². The molecule has 0 N–H and O–H groups in total. The SMILES string of the molecule is O=C(OCc1ccccc1)N1CCCCC1c1cc(Br)c[n+](Cc2ccccc2)c1. The maximum absolute atomic E-state index is 12.9. The average Bonchev–Trinajstić information content (AvgIpc) is 2.78. The Morgan fingerprint density at radius 1 is 1.00 bits per heavy atom. The van der Waals surface area contributed by atoms with E-state index in [4.69, 9.17) is 4.74 Å². The second kappa shape index (κ2) is 9.90. The van der Waals surface area contributed by atoms with Crippen LogP contribution >= 0.6 is 15.9 Å². The van der Waals surface area contributed by atoms with Gasteiger partial charge in [-0.25, -0.2) is 4.79 Å². The summed E-state index contributed by atoms with van der Waals surface area (Å²) >= 11 is 3.66. The van der Waals surface area contributed by atoms with E-state index < -0.39 is 0 Å². The molecule has 1 unspecified atom stereocenters. The maximum Gasteiger partial charge on any atom is 0.410 e. The second-order valence-corrected chi connectivity index (χ2v) is 8.61. The summed E-state index contributed by atoms with van der Waals surface area (Å²) in [5.74, 6) is 0. The van der Waals surface area contributed by atoms with E-state index in [1.807, 2.05) is 41.3 Å². The molecular formula is C25H26BrN2O2+. The molecule has 5 heteroatoms. The molecule has 2 aromatic carbocycles. The topological polar surface area (TPSA) is 33.4 Å². The van der Waals surface area contributed by atoms with Crippen molar-refractivity contribution in [3.8, 4) is 0 Å². The lowest BCUT2D eigenvalue weighted by molar-refractivity contribution is -0.689. The van der Waals surface area contributed by atoms with Crippen LogP contribution in [0.25, 0.3) is 0 Å². The fourth-order valence-electron chi connectivity index (χ4n) is 3.99. The van der Waals surface area contributed by atoms with Crippen LogP contribution in [-0.4, -0.2) is 17.5 Å². The van der Waals surface area contributed by atoms with Crippen LogP contribution in [0.3, 0.4) is 0 Å². The van der Waals surface area contributed by atoms with Crippen molar-refractivity contribution < 1.29 is 14.1 Å². The number of hydrogen-bond donors (Lipinski definition) is 0. The van der Waals surface area contributed by atoms with Crippen molar-refractivity contribution in [2.45, 2.75) is 38.5 Å². The molecule has 1 aromatic heterocycles. The van der Waals surface area contributed by atoms with E-state index in [-0.39, 0.29) is 12.1 Å². The van der Waals surface area contributed by atoms with Crippen LogP contribution in [0.2, 0.25) is 0 Å². The molecular weight excluding hydrogens is 440 g/mol.